The van der Waals surface area contributed by atoms with Crippen molar-refractivity contribution in [2.45, 2.75) is 6.54 Å². The highest BCUT2D eigenvalue weighted by atomic mass is 35.5. The van der Waals surface area contributed by atoms with E-state index in [1.165, 1.54) is 11.0 Å². The summed E-state index contributed by atoms with van der Waals surface area (Å²) in [7, 11) is 0. The number of para-hydroxylation sites is 1. The molecule has 0 heterocycles. The minimum atomic E-state index is -0.465. The fourth-order valence-corrected chi connectivity index (χ4v) is 2.23. The Morgan fingerprint density at radius 3 is 2.55 bits per heavy atom. The third-order valence-electron chi connectivity index (χ3n) is 2.79. The summed E-state index contributed by atoms with van der Waals surface area (Å²) in [6.07, 6.45) is 0. The number of nitrogens with zero attached hydrogens (tertiary/aromatic N) is 1. The second-order valence-corrected chi connectivity index (χ2v) is 4.90. The van der Waals surface area contributed by atoms with Crippen molar-refractivity contribution in [1.82, 2.24) is 0 Å². The summed E-state index contributed by atoms with van der Waals surface area (Å²) in [6, 6.07) is 13.2. The number of anilines is 1. The smallest absolute Gasteiger partial charge is 0.242 e. The normalized spacial score (nSPS) is 10.3. The van der Waals surface area contributed by atoms with Gasteiger partial charge in [0.15, 0.2) is 0 Å². The molecule has 0 bridgehead atoms. The zero-order chi connectivity index (χ0) is 14.5. The van der Waals surface area contributed by atoms with Crippen LogP contribution >= 0.6 is 23.2 Å². The molecule has 2 aromatic carbocycles. The molecule has 2 aromatic rings. The van der Waals surface area contributed by atoms with E-state index in [-0.39, 0.29) is 24.0 Å². The van der Waals surface area contributed by atoms with Crippen LogP contribution in [0.3, 0.4) is 0 Å². The zero-order valence-electron chi connectivity index (χ0n) is 10.5. The lowest BCUT2D eigenvalue weighted by atomic mass is 10.2. The molecule has 2 rings (SSSR count). The van der Waals surface area contributed by atoms with Gasteiger partial charge in [-0.3, -0.25) is 4.79 Å². The average Bonchev–Trinajstić information content (AvgIpc) is 2.45. The second kappa shape index (κ2) is 6.73. The summed E-state index contributed by atoms with van der Waals surface area (Å²) in [5, 5.41) is 0.564. The molecule has 0 aromatic heterocycles. The predicted octanol–water partition coefficient (Wildman–Crippen LogP) is 4.25. The van der Waals surface area contributed by atoms with Gasteiger partial charge in [0.2, 0.25) is 5.91 Å². The van der Waals surface area contributed by atoms with Gasteiger partial charge >= 0.3 is 0 Å². The summed E-state index contributed by atoms with van der Waals surface area (Å²) in [5.41, 5.74) is 1.01. The molecule has 0 aliphatic heterocycles. The van der Waals surface area contributed by atoms with E-state index in [0.29, 0.717) is 5.02 Å². The van der Waals surface area contributed by atoms with E-state index in [1.807, 2.05) is 6.07 Å². The second-order valence-electron chi connectivity index (χ2n) is 4.19. The number of amides is 1. The van der Waals surface area contributed by atoms with Crippen molar-refractivity contribution in [2.75, 3.05) is 10.8 Å². The Labute approximate surface area is 126 Å². The first-order chi connectivity index (χ1) is 9.61. The van der Waals surface area contributed by atoms with Gasteiger partial charge in [0.1, 0.15) is 11.7 Å². The van der Waals surface area contributed by atoms with Gasteiger partial charge in [0.05, 0.1) is 12.2 Å². The van der Waals surface area contributed by atoms with Crippen LogP contribution in [-0.2, 0) is 11.3 Å². The van der Waals surface area contributed by atoms with Crippen LogP contribution in [0.15, 0.2) is 48.5 Å². The number of hydrogen-bond donors (Lipinski definition) is 0. The van der Waals surface area contributed by atoms with Crippen LogP contribution in [0.5, 0.6) is 0 Å². The minimum Gasteiger partial charge on any atom is -0.304 e. The third kappa shape index (κ3) is 3.50. The molecule has 2 nitrogen and oxygen atoms in total. The first-order valence-electron chi connectivity index (χ1n) is 5.97. The minimum absolute atomic E-state index is 0.207. The SMILES string of the molecule is O=C(CCl)N(Cc1cccc(Cl)c1)c1ccccc1F. The lowest BCUT2D eigenvalue weighted by Gasteiger charge is -2.22. The van der Waals surface area contributed by atoms with E-state index in [0.717, 1.165) is 5.56 Å². The lowest BCUT2D eigenvalue weighted by molar-refractivity contribution is -0.116. The highest BCUT2D eigenvalue weighted by Crippen LogP contribution is 2.22. The van der Waals surface area contributed by atoms with E-state index in [4.69, 9.17) is 23.2 Å². The molecule has 0 saturated heterocycles. The van der Waals surface area contributed by atoms with Gasteiger partial charge in [0, 0.05) is 5.02 Å². The van der Waals surface area contributed by atoms with E-state index >= 15 is 0 Å². The Morgan fingerprint density at radius 2 is 1.90 bits per heavy atom. The monoisotopic (exact) mass is 311 g/mol. The van der Waals surface area contributed by atoms with Crippen LogP contribution in [0.2, 0.25) is 5.02 Å². The molecule has 0 N–H and O–H groups in total. The third-order valence-corrected chi connectivity index (χ3v) is 3.25. The summed E-state index contributed by atoms with van der Waals surface area (Å²) in [5.74, 6) is -1.04. The Hall–Kier alpha value is -1.58. The quantitative estimate of drug-likeness (QED) is 0.773. The maximum absolute atomic E-state index is 13.9. The Morgan fingerprint density at radius 1 is 1.15 bits per heavy atom. The number of rotatable bonds is 4. The van der Waals surface area contributed by atoms with Crippen LogP contribution in [-0.4, -0.2) is 11.8 Å². The topological polar surface area (TPSA) is 20.3 Å². The molecule has 104 valence electrons. The molecular formula is C15H12Cl2FNO. The van der Waals surface area contributed by atoms with E-state index in [2.05, 4.69) is 0 Å². The maximum Gasteiger partial charge on any atom is 0.242 e. The van der Waals surface area contributed by atoms with E-state index < -0.39 is 5.82 Å². The van der Waals surface area contributed by atoms with Gasteiger partial charge in [-0.15, -0.1) is 11.6 Å². The molecule has 0 unspecified atom stereocenters. The number of benzene rings is 2. The first-order valence-corrected chi connectivity index (χ1v) is 6.88. The predicted molar refractivity (Wildman–Crippen MR) is 79.8 cm³/mol. The molecule has 20 heavy (non-hydrogen) atoms. The fourth-order valence-electron chi connectivity index (χ4n) is 1.87. The van der Waals surface area contributed by atoms with Crippen molar-refractivity contribution >= 4 is 34.8 Å². The molecule has 0 saturated carbocycles. The van der Waals surface area contributed by atoms with E-state index in [9.17, 15) is 9.18 Å². The largest absolute Gasteiger partial charge is 0.304 e. The molecule has 0 atom stereocenters. The molecule has 0 fully saturated rings. The van der Waals surface area contributed by atoms with Crippen molar-refractivity contribution < 1.29 is 9.18 Å². The van der Waals surface area contributed by atoms with Crippen molar-refractivity contribution in [3.05, 3.63) is 64.9 Å². The van der Waals surface area contributed by atoms with Crippen LogP contribution in [0.1, 0.15) is 5.56 Å². The van der Waals surface area contributed by atoms with Gasteiger partial charge in [-0.2, -0.15) is 0 Å². The van der Waals surface area contributed by atoms with Gasteiger partial charge in [-0.05, 0) is 29.8 Å². The van der Waals surface area contributed by atoms with Crippen LogP contribution in [0, 0.1) is 5.82 Å². The number of hydrogen-bond acceptors (Lipinski definition) is 1. The summed E-state index contributed by atoms with van der Waals surface area (Å²) in [6.45, 7) is 0.215. The molecule has 0 aliphatic rings. The zero-order valence-corrected chi connectivity index (χ0v) is 12.0. The highest BCUT2D eigenvalue weighted by molar-refractivity contribution is 6.30. The Bertz CT molecular complexity index is 618. The molecular weight excluding hydrogens is 300 g/mol. The van der Waals surface area contributed by atoms with Gasteiger partial charge in [-0.25, -0.2) is 4.39 Å². The Kier molecular flexibility index (Phi) is 4.99. The first kappa shape index (κ1) is 14.8. The molecule has 1 amide bonds. The highest BCUT2D eigenvalue weighted by Gasteiger charge is 2.18. The summed E-state index contributed by atoms with van der Waals surface area (Å²) in [4.78, 5) is 13.3. The van der Waals surface area contributed by atoms with Gasteiger partial charge in [0.25, 0.3) is 0 Å². The van der Waals surface area contributed by atoms with Crippen LogP contribution in [0.25, 0.3) is 0 Å². The molecule has 0 aliphatic carbocycles. The maximum atomic E-state index is 13.9. The van der Waals surface area contributed by atoms with Crippen molar-refractivity contribution in [2.24, 2.45) is 0 Å². The summed E-state index contributed by atoms with van der Waals surface area (Å²) < 4.78 is 13.9. The standard InChI is InChI=1S/C15H12Cl2FNO/c16-9-15(20)19(14-7-2-1-6-13(14)18)10-11-4-3-5-12(17)8-11/h1-8H,9-10H2. The van der Waals surface area contributed by atoms with Crippen molar-refractivity contribution in [3.8, 4) is 0 Å². The number of carbonyl (C=O) groups is 1. The number of alkyl halides is 1. The van der Waals surface area contributed by atoms with Crippen LogP contribution < -0.4 is 4.90 Å². The van der Waals surface area contributed by atoms with Crippen LogP contribution in [0.4, 0.5) is 10.1 Å². The lowest BCUT2D eigenvalue weighted by Crippen LogP contribution is -2.32. The number of halogens is 3. The molecule has 0 radical (unpaired) electrons. The average molecular weight is 312 g/mol. The van der Waals surface area contributed by atoms with E-state index in [1.54, 1.807) is 36.4 Å². The number of carbonyl (C=O) groups excluding carboxylic acids is 1. The van der Waals surface area contributed by atoms with Crippen molar-refractivity contribution in [1.29, 1.82) is 0 Å². The van der Waals surface area contributed by atoms with Gasteiger partial charge in [-0.1, -0.05) is 35.9 Å². The van der Waals surface area contributed by atoms with Crippen molar-refractivity contribution in [3.63, 3.8) is 0 Å². The Balaban J connectivity index is 2.34. The fraction of sp³-hybridized carbons (Fsp3) is 0.133. The molecule has 0 spiro atoms. The molecule has 5 heteroatoms. The van der Waals surface area contributed by atoms with Gasteiger partial charge < -0.3 is 4.90 Å². The summed E-state index contributed by atoms with van der Waals surface area (Å²) >= 11 is 11.5.